The van der Waals surface area contributed by atoms with Crippen molar-refractivity contribution in [2.24, 2.45) is 0 Å². The van der Waals surface area contributed by atoms with Crippen LogP contribution in [-0.4, -0.2) is 37.5 Å². The van der Waals surface area contributed by atoms with Crippen LogP contribution in [0, 0.1) is 0 Å². The van der Waals surface area contributed by atoms with Crippen molar-refractivity contribution >= 4 is 11.8 Å². The van der Waals surface area contributed by atoms with Gasteiger partial charge in [0.1, 0.15) is 5.75 Å². The molecule has 114 valence electrons. The van der Waals surface area contributed by atoms with Crippen LogP contribution in [0.2, 0.25) is 0 Å². The summed E-state index contributed by atoms with van der Waals surface area (Å²) in [6.07, 6.45) is 0.723. The number of ether oxygens (including phenoxy) is 1. The van der Waals surface area contributed by atoms with Gasteiger partial charge in [0.15, 0.2) is 0 Å². The van der Waals surface area contributed by atoms with E-state index in [2.05, 4.69) is 25.7 Å². The molecule has 0 N–H and O–H groups in total. The van der Waals surface area contributed by atoms with Crippen molar-refractivity contribution in [1.82, 2.24) is 30.4 Å². The third kappa shape index (κ3) is 3.08. The van der Waals surface area contributed by atoms with E-state index in [1.165, 1.54) is 11.8 Å². The zero-order chi connectivity index (χ0) is 15.4. The van der Waals surface area contributed by atoms with E-state index in [1.54, 1.807) is 11.8 Å². The molecule has 1 aromatic carbocycles. The molecule has 8 nitrogen and oxygen atoms in total. The van der Waals surface area contributed by atoms with E-state index in [1.807, 2.05) is 31.2 Å². The van der Waals surface area contributed by atoms with Crippen molar-refractivity contribution < 1.29 is 9.15 Å². The molecule has 0 fully saturated rings. The second-order valence-electron chi connectivity index (χ2n) is 4.30. The molecule has 9 heteroatoms. The molecule has 0 spiro atoms. The van der Waals surface area contributed by atoms with Gasteiger partial charge in [0.2, 0.25) is 16.9 Å². The summed E-state index contributed by atoms with van der Waals surface area (Å²) < 4.78 is 12.3. The standard InChI is InChI=1S/C13H14N6O2S/c1-3-11-14-15-12(21-11)8-22-13-16-17-18-19(13)9-4-6-10(20-2)7-5-9/h4-7H,3,8H2,1-2H3. The fourth-order valence-electron chi connectivity index (χ4n) is 1.77. The third-order valence-electron chi connectivity index (χ3n) is 2.89. The minimum Gasteiger partial charge on any atom is -0.497 e. The summed E-state index contributed by atoms with van der Waals surface area (Å²) in [6.45, 7) is 1.97. The highest BCUT2D eigenvalue weighted by molar-refractivity contribution is 7.98. The Morgan fingerprint density at radius 1 is 1.14 bits per heavy atom. The van der Waals surface area contributed by atoms with Crippen LogP contribution in [0.1, 0.15) is 18.7 Å². The highest BCUT2D eigenvalue weighted by atomic mass is 32.2. The summed E-state index contributed by atoms with van der Waals surface area (Å²) in [5.74, 6) is 2.49. The maximum Gasteiger partial charge on any atom is 0.226 e. The summed E-state index contributed by atoms with van der Waals surface area (Å²) in [5, 5.41) is 20.3. The second-order valence-corrected chi connectivity index (χ2v) is 5.25. The molecule has 0 aliphatic rings. The van der Waals surface area contributed by atoms with E-state index in [9.17, 15) is 0 Å². The Bertz CT molecular complexity index is 739. The van der Waals surface area contributed by atoms with Crippen molar-refractivity contribution in [3.05, 3.63) is 36.0 Å². The van der Waals surface area contributed by atoms with E-state index in [0.29, 0.717) is 22.7 Å². The molecule has 3 rings (SSSR count). The molecule has 22 heavy (non-hydrogen) atoms. The smallest absolute Gasteiger partial charge is 0.226 e. The van der Waals surface area contributed by atoms with Gasteiger partial charge in [-0.1, -0.05) is 18.7 Å². The lowest BCUT2D eigenvalue weighted by Crippen LogP contribution is -1.99. The number of benzene rings is 1. The highest BCUT2D eigenvalue weighted by Crippen LogP contribution is 2.23. The van der Waals surface area contributed by atoms with Crippen LogP contribution >= 0.6 is 11.8 Å². The van der Waals surface area contributed by atoms with Crippen molar-refractivity contribution in [2.45, 2.75) is 24.3 Å². The minimum atomic E-state index is 0.517. The van der Waals surface area contributed by atoms with Crippen LogP contribution in [0.4, 0.5) is 0 Å². The molecule has 0 atom stereocenters. The summed E-state index contributed by atoms with van der Waals surface area (Å²) in [4.78, 5) is 0. The van der Waals surface area contributed by atoms with Gasteiger partial charge in [-0.3, -0.25) is 0 Å². The molecule has 2 aromatic heterocycles. The molecule has 0 radical (unpaired) electrons. The molecule has 0 unspecified atom stereocenters. The number of tetrazole rings is 1. The fourth-order valence-corrected chi connectivity index (χ4v) is 2.50. The van der Waals surface area contributed by atoms with E-state index in [0.717, 1.165) is 17.9 Å². The molecule has 0 saturated carbocycles. The topological polar surface area (TPSA) is 91.8 Å². The molecule has 0 bridgehead atoms. The third-order valence-corrected chi connectivity index (χ3v) is 3.80. The molecular weight excluding hydrogens is 304 g/mol. The zero-order valence-electron chi connectivity index (χ0n) is 12.1. The molecular formula is C13H14N6O2S. The molecule has 0 aliphatic heterocycles. The second kappa shape index (κ2) is 6.56. The number of rotatable bonds is 6. The number of aromatic nitrogens is 6. The minimum absolute atomic E-state index is 0.517. The van der Waals surface area contributed by atoms with Gasteiger partial charge >= 0.3 is 0 Å². The van der Waals surface area contributed by atoms with Crippen LogP contribution in [0.3, 0.4) is 0 Å². The molecule has 0 saturated heterocycles. The first kappa shape index (κ1) is 14.5. The lowest BCUT2D eigenvalue weighted by Gasteiger charge is -2.04. The Morgan fingerprint density at radius 2 is 1.91 bits per heavy atom. The summed E-state index contributed by atoms with van der Waals surface area (Å²) in [5.41, 5.74) is 0.855. The first-order valence-corrected chi connectivity index (χ1v) is 7.65. The first-order chi connectivity index (χ1) is 10.8. The van der Waals surface area contributed by atoms with Gasteiger partial charge < -0.3 is 9.15 Å². The fraction of sp³-hybridized carbons (Fsp3) is 0.308. The monoisotopic (exact) mass is 318 g/mol. The molecule has 0 aliphatic carbocycles. The largest absolute Gasteiger partial charge is 0.497 e. The van der Waals surface area contributed by atoms with Crippen LogP contribution < -0.4 is 4.74 Å². The molecule has 3 aromatic rings. The number of thioether (sulfide) groups is 1. The molecule has 2 heterocycles. The van der Waals surface area contributed by atoms with E-state index in [4.69, 9.17) is 9.15 Å². The van der Waals surface area contributed by atoms with Crippen LogP contribution in [-0.2, 0) is 12.2 Å². The Balaban J connectivity index is 1.73. The lowest BCUT2D eigenvalue weighted by atomic mass is 10.3. The maximum absolute atomic E-state index is 5.47. The average molecular weight is 318 g/mol. The van der Waals surface area contributed by atoms with Crippen LogP contribution in [0.5, 0.6) is 5.75 Å². The predicted molar refractivity (Wildman–Crippen MR) is 78.9 cm³/mol. The number of nitrogens with zero attached hydrogens (tertiary/aromatic N) is 6. The first-order valence-electron chi connectivity index (χ1n) is 6.67. The van der Waals surface area contributed by atoms with Crippen molar-refractivity contribution in [3.63, 3.8) is 0 Å². The van der Waals surface area contributed by atoms with Gasteiger partial charge in [0.25, 0.3) is 0 Å². The number of methoxy groups -OCH3 is 1. The van der Waals surface area contributed by atoms with Crippen molar-refractivity contribution in [2.75, 3.05) is 7.11 Å². The van der Waals surface area contributed by atoms with Gasteiger partial charge in [-0.25, -0.2) is 0 Å². The Kier molecular flexibility index (Phi) is 4.33. The predicted octanol–water partition coefficient (Wildman–Crippen LogP) is 1.91. The summed E-state index contributed by atoms with van der Waals surface area (Å²) in [7, 11) is 1.63. The van der Waals surface area contributed by atoms with Crippen molar-refractivity contribution in [3.8, 4) is 11.4 Å². The van der Waals surface area contributed by atoms with Crippen LogP contribution in [0.15, 0.2) is 33.8 Å². The number of aryl methyl sites for hydroxylation is 1. The van der Waals surface area contributed by atoms with Crippen LogP contribution in [0.25, 0.3) is 5.69 Å². The van der Waals surface area contributed by atoms with Crippen molar-refractivity contribution in [1.29, 1.82) is 0 Å². The maximum atomic E-state index is 5.47. The summed E-state index contributed by atoms with van der Waals surface area (Å²) in [6, 6.07) is 7.50. The Labute approximate surface area is 130 Å². The zero-order valence-corrected chi connectivity index (χ0v) is 12.9. The van der Waals surface area contributed by atoms with E-state index < -0.39 is 0 Å². The number of hydrogen-bond acceptors (Lipinski definition) is 8. The van der Waals surface area contributed by atoms with Gasteiger partial charge in [-0.05, 0) is 34.7 Å². The Hall–Kier alpha value is -2.42. The molecule has 0 amide bonds. The lowest BCUT2D eigenvalue weighted by molar-refractivity contribution is 0.414. The van der Waals surface area contributed by atoms with Gasteiger partial charge in [0, 0.05) is 6.42 Å². The van der Waals surface area contributed by atoms with E-state index >= 15 is 0 Å². The Morgan fingerprint density at radius 3 is 2.59 bits per heavy atom. The van der Waals surface area contributed by atoms with E-state index in [-0.39, 0.29) is 0 Å². The summed E-state index contributed by atoms with van der Waals surface area (Å²) >= 11 is 1.43. The SMILES string of the molecule is CCc1nnc(CSc2nnnn2-c2ccc(OC)cc2)o1. The average Bonchev–Trinajstić information content (AvgIpc) is 3.22. The quantitative estimate of drug-likeness (QED) is 0.636. The normalized spacial score (nSPS) is 10.8. The van der Waals surface area contributed by atoms with Gasteiger partial charge in [-0.2, -0.15) is 4.68 Å². The van der Waals surface area contributed by atoms with Gasteiger partial charge in [0.05, 0.1) is 18.6 Å². The number of hydrogen-bond donors (Lipinski definition) is 0. The van der Waals surface area contributed by atoms with Gasteiger partial charge in [-0.15, -0.1) is 15.3 Å². The highest BCUT2D eigenvalue weighted by Gasteiger charge is 2.12.